The van der Waals surface area contributed by atoms with Crippen molar-refractivity contribution in [3.63, 3.8) is 0 Å². The van der Waals surface area contributed by atoms with E-state index in [1.807, 2.05) is 18.2 Å². The Morgan fingerprint density at radius 1 is 1.03 bits per heavy atom. The van der Waals surface area contributed by atoms with E-state index in [0.29, 0.717) is 18.9 Å². The Kier molecular flexibility index (Phi) is 9.96. The summed E-state index contributed by atoms with van der Waals surface area (Å²) in [4.78, 5) is 12.7. The van der Waals surface area contributed by atoms with Crippen LogP contribution in [0.25, 0.3) is 0 Å². The Balaban J connectivity index is 1.49. The van der Waals surface area contributed by atoms with Crippen LogP contribution >= 0.6 is 0 Å². The Labute approximate surface area is 220 Å². The van der Waals surface area contributed by atoms with Crippen molar-refractivity contribution in [3.8, 4) is 0 Å². The molecule has 7 heteroatoms. The molecular weight excluding hydrogens is 472 g/mol. The van der Waals surface area contributed by atoms with Crippen molar-refractivity contribution in [1.29, 1.82) is 0 Å². The molecule has 0 spiro atoms. The maximum Gasteiger partial charge on any atom is 0.330 e. The summed E-state index contributed by atoms with van der Waals surface area (Å²) in [6, 6.07) is 0. The number of rotatable bonds is 2. The van der Waals surface area contributed by atoms with E-state index in [-0.39, 0.29) is 31.2 Å². The Hall–Kier alpha value is -2.03. The van der Waals surface area contributed by atoms with Gasteiger partial charge < -0.3 is 29.2 Å². The largest absolute Gasteiger partial charge is 0.456 e. The minimum Gasteiger partial charge on any atom is -0.456 e. The molecule has 2 N–H and O–H groups in total. The lowest BCUT2D eigenvalue weighted by molar-refractivity contribution is -0.144. The SMILES string of the molecule is C=C1CC(C)C[C@@H]2CC=C[C@@H](CC=CC(=O)O[C@H]3C[C@@H](O[C@H]3C=C[C@@H]3CC(C)=CCO3)[C@@H](O)[C@@H](O)C1)O2. The highest BCUT2D eigenvalue weighted by Gasteiger charge is 2.42. The smallest absolute Gasteiger partial charge is 0.330 e. The fourth-order valence-electron chi connectivity index (χ4n) is 5.62. The van der Waals surface area contributed by atoms with Crippen LogP contribution < -0.4 is 0 Å². The lowest BCUT2D eigenvalue weighted by atomic mass is 9.90. The minimum absolute atomic E-state index is 0.0723. The van der Waals surface area contributed by atoms with Crippen molar-refractivity contribution in [2.75, 3.05) is 6.61 Å². The first-order chi connectivity index (χ1) is 17.8. The average Bonchev–Trinajstić information content (AvgIpc) is 3.24. The summed E-state index contributed by atoms with van der Waals surface area (Å²) < 4.78 is 23.9. The van der Waals surface area contributed by atoms with Gasteiger partial charge in [0.05, 0.1) is 37.1 Å². The molecule has 0 aliphatic carbocycles. The van der Waals surface area contributed by atoms with Crippen LogP contribution in [0.3, 0.4) is 0 Å². The summed E-state index contributed by atoms with van der Waals surface area (Å²) in [6.07, 6.45) is 13.7. The van der Waals surface area contributed by atoms with E-state index in [2.05, 4.69) is 32.6 Å². The molecule has 1 unspecified atom stereocenters. The van der Waals surface area contributed by atoms with Crippen LogP contribution in [0.1, 0.15) is 58.8 Å². The van der Waals surface area contributed by atoms with Crippen LogP contribution in [-0.4, -0.2) is 71.6 Å². The van der Waals surface area contributed by atoms with Gasteiger partial charge in [-0.25, -0.2) is 4.79 Å². The third-order valence-electron chi connectivity index (χ3n) is 7.53. The monoisotopic (exact) mass is 514 g/mol. The molecule has 37 heavy (non-hydrogen) atoms. The summed E-state index contributed by atoms with van der Waals surface area (Å²) in [5.41, 5.74) is 2.15. The summed E-state index contributed by atoms with van der Waals surface area (Å²) >= 11 is 0. The maximum atomic E-state index is 12.7. The number of hydrogen-bond acceptors (Lipinski definition) is 7. The fourth-order valence-corrected chi connectivity index (χ4v) is 5.62. The quantitative estimate of drug-likeness (QED) is 0.423. The van der Waals surface area contributed by atoms with Crippen molar-refractivity contribution in [1.82, 2.24) is 0 Å². The number of fused-ring (bicyclic) bond motifs is 4. The van der Waals surface area contributed by atoms with Gasteiger partial charge in [0, 0.05) is 12.5 Å². The molecule has 1 fully saturated rings. The van der Waals surface area contributed by atoms with Gasteiger partial charge in [-0.05, 0) is 51.4 Å². The van der Waals surface area contributed by atoms with Gasteiger partial charge in [0.25, 0.3) is 0 Å². The van der Waals surface area contributed by atoms with E-state index in [4.69, 9.17) is 18.9 Å². The highest BCUT2D eigenvalue weighted by Crippen LogP contribution is 2.31. The molecule has 0 aromatic rings. The van der Waals surface area contributed by atoms with Gasteiger partial charge >= 0.3 is 5.97 Å². The molecule has 4 heterocycles. The van der Waals surface area contributed by atoms with Gasteiger partial charge in [0.15, 0.2) is 0 Å². The first-order valence-corrected chi connectivity index (χ1v) is 13.6. The van der Waals surface area contributed by atoms with Crippen LogP contribution in [0.4, 0.5) is 0 Å². The van der Waals surface area contributed by atoms with Gasteiger partial charge in [0.2, 0.25) is 0 Å². The maximum absolute atomic E-state index is 12.7. The second-order valence-electron chi connectivity index (χ2n) is 11.0. The fraction of sp³-hybridized carbons (Fsp3) is 0.633. The number of esters is 1. The Morgan fingerprint density at radius 3 is 2.68 bits per heavy atom. The zero-order chi connectivity index (χ0) is 26.4. The van der Waals surface area contributed by atoms with Gasteiger partial charge in [-0.1, -0.05) is 61.1 Å². The summed E-state index contributed by atoms with van der Waals surface area (Å²) in [6.45, 7) is 8.95. The van der Waals surface area contributed by atoms with Gasteiger partial charge in [-0.2, -0.15) is 0 Å². The molecule has 4 rings (SSSR count). The van der Waals surface area contributed by atoms with Crippen LogP contribution in [0.2, 0.25) is 0 Å². The molecule has 9 atom stereocenters. The molecule has 0 aromatic heterocycles. The summed E-state index contributed by atoms with van der Waals surface area (Å²) in [5, 5.41) is 21.7. The van der Waals surface area contributed by atoms with Crippen molar-refractivity contribution in [2.24, 2.45) is 5.92 Å². The van der Waals surface area contributed by atoms with E-state index < -0.39 is 36.5 Å². The second kappa shape index (κ2) is 13.2. The first-order valence-electron chi connectivity index (χ1n) is 13.6. The lowest BCUT2D eigenvalue weighted by Crippen LogP contribution is -2.37. The topological polar surface area (TPSA) is 94.5 Å². The zero-order valence-electron chi connectivity index (χ0n) is 22.0. The van der Waals surface area contributed by atoms with E-state index in [9.17, 15) is 15.0 Å². The molecular formula is C30H42O7. The van der Waals surface area contributed by atoms with Crippen molar-refractivity contribution < 1.29 is 34.0 Å². The van der Waals surface area contributed by atoms with Gasteiger partial charge in [-0.15, -0.1) is 0 Å². The molecule has 0 amide bonds. The number of hydrogen-bond donors (Lipinski definition) is 2. The minimum atomic E-state index is -1.12. The van der Waals surface area contributed by atoms with Crippen LogP contribution in [-0.2, 0) is 23.7 Å². The highest BCUT2D eigenvalue weighted by atomic mass is 16.6. The molecule has 4 aliphatic rings. The molecule has 204 valence electrons. The van der Waals surface area contributed by atoms with Crippen LogP contribution in [0.5, 0.6) is 0 Å². The number of carbonyl (C=O) groups is 1. The number of aliphatic hydroxyl groups excluding tert-OH is 2. The predicted octanol–water partition coefficient (Wildman–Crippen LogP) is 4.11. The first kappa shape index (κ1) is 28.0. The van der Waals surface area contributed by atoms with E-state index in [1.165, 1.54) is 11.6 Å². The van der Waals surface area contributed by atoms with Crippen LogP contribution in [0, 0.1) is 5.92 Å². The zero-order valence-corrected chi connectivity index (χ0v) is 22.0. The Morgan fingerprint density at radius 2 is 1.86 bits per heavy atom. The normalized spacial score (nSPS) is 40.2. The number of ether oxygens (including phenoxy) is 4. The standard InChI is InChI=1S/C30H42O7/c1-19-12-13-34-23(15-19)10-11-26-27-18-28(36-26)30(33)25(31)17-21(3)14-20(2)16-24-8-4-6-22(35-24)7-5-9-29(32)37-27/h4-6,9-12,20,22-28,30-31,33H,3,7-8,13-18H2,1-2H3/t20?,22-,23+,24-,25-,26-,27-,28+,30-/m0/s1. The molecule has 4 bridgehead atoms. The van der Waals surface area contributed by atoms with E-state index in [1.54, 1.807) is 6.08 Å². The summed E-state index contributed by atoms with van der Waals surface area (Å²) in [7, 11) is 0. The summed E-state index contributed by atoms with van der Waals surface area (Å²) in [5.74, 6) is -0.129. The van der Waals surface area contributed by atoms with Gasteiger partial charge in [0.1, 0.15) is 18.3 Å². The number of carbonyl (C=O) groups excluding carboxylic acids is 1. The third kappa shape index (κ3) is 8.23. The molecule has 0 radical (unpaired) electrons. The van der Waals surface area contributed by atoms with Crippen molar-refractivity contribution in [2.45, 2.75) is 108 Å². The van der Waals surface area contributed by atoms with Gasteiger partial charge in [-0.3, -0.25) is 0 Å². The van der Waals surface area contributed by atoms with Crippen molar-refractivity contribution >= 4 is 5.97 Å². The molecule has 0 saturated carbocycles. The predicted molar refractivity (Wildman–Crippen MR) is 141 cm³/mol. The van der Waals surface area contributed by atoms with Crippen molar-refractivity contribution in [3.05, 3.63) is 60.3 Å². The highest BCUT2D eigenvalue weighted by molar-refractivity contribution is 5.82. The molecule has 7 nitrogen and oxygen atoms in total. The molecule has 1 saturated heterocycles. The van der Waals surface area contributed by atoms with Crippen LogP contribution in [0.15, 0.2) is 60.3 Å². The van der Waals surface area contributed by atoms with E-state index >= 15 is 0 Å². The lowest BCUT2D eigenvalue weighted by Gasteiger charge is -2.28. The third-order valence-corrected chi connectivity index (χ3v) is 7.53. The average molecular weight is 515 g/mol. The molecule has 4 aliphatic heterocycles. The number of aliphatic hydroxyl groups is 2. The van der Waals surface area contributed by atoms with E-state index in [0.717, 1.165) is 31.3 Å². The second-order valence-corrected chi connectivity index (χ2v) is 11.0. The molecule has 0 aromatic carbocycles. The Bertz CT molecular complexity index is 919.